The van der Waals surface area contributed by atoms with Crippen LogP contribution < -0.4 is 0 Å². The fourth-order valence-electron chi connectivity index (χ4n) is 10.4. The van der Waals surface area contributed by atoms with Crippen molar-refractivity contribution >= 4 is 0 Å². The molecule has 21 heavy (non-hydrogen) atoms. The molecule has 0 bridgehead atoms. The molecule has 8 atom stereocenters. The van der Waals surface area contributed by atoms with E-state index < -0.39 is 0 Å². The van der Waals surface area contributed by atoms with E-state index in [1.54, 1.807) is 0 Å². The van der Waals surface area contributed by atoms with Gasteiger partial charge in [-0.25, -0.2) is 0 Å². The Morgan fingerprint density at radius 3 is 1.57 bits per heavy atom. The molecule has 4 aliphatic rings. The van der Waals surface area contributed by atoms with Gasteiger partial charge in [-0.05, 0) is 62.6 Å². The summed E-state index contributed by atoms with van der Waals surface area (Å²) in [6, 6.07) is 0. The van der Waals surface area contributed by atoms with Gasteiger partial charge in [0.15, 0.2) is 0 Å². The minimum atomic E-state index is 0.490. The Morgan fingerprint density at radius 1 is 0.619 bits per heavy atom. The van der Waals surface area contributed by atoms with E-state index in [0.29, 0.717) is 37.9 Å². The Labute approximate surface area is 132 Å². The van der Waals surface area contributed by atoms with Crippen molar-refractivity contribution in [3.05, 3.63) is 0 Å². The van der Waals surface area contributed by atoms with Crippen molar-refractivity contribution in [2.75, 3.05) is 0 Å². The molecule has 0 spiro atoms. The first-order valence-corrected chi connectivity index (χ1v) is 9.23. The van der Waals surface area contributed by atoms with Crippen molar-refractivity contribution in [2.24, 2.45) is 49.7 Å². The van der Waals surface area contributed by atoms with Crippen LogP contribution in [0.3, 0.4) is 0 Å². The largest absolute Gasteiger partial charge is 0.0617 e. The molecule has 4 saturated carbocycles. The first-order chi connectivity index (χ1) is 9.23. The Bertz CT molecular complexity index is 560. The molecule has 0 heterocycles. The number of hydrogen-bond acceptors (Lipinski definition) is 0. The highest BCUT2D eigenvalue weighted by atomic mass is 15.0. The van der Waals surface area contributed by atoms with Crippen LogP contribution in [-0.4, -0.2) is 0 Å². The van der Waals surface area contributed by atoms with Gasteiger partial charge in [0.2, 0.25) is 0 Å². The molecule has 0 aromatic carbocycles. The molecule has 0 N–H and O–H groups in total. The van der Waals surface area contributed by atoms with Crippen molar-refractivity contribution in [1.82, 2.24) is 0 Å². The predicted octanol–water partition coefficient (Wildman–Crippen LogP) is 6.16. The summed E-state index contributed by atoms with van der Waals surface area (Å²) in [5.74, 6) is 1.75. The zero-order chi connectivity index (χ0) is 16.1. The van der Waals surface area contributed by atoms with Crippen LogP contribution in [0.15, 0.2) is 0 Å². The van der Waals surface area contributed by atoms with Gasteiger partial charge >= 0.3 is 0 Å². The van der Waals surface area contributed by atoms with Crippen LogP contribution >= 0.6 is 0 Å². The molecule has 0 heteroatoms. The molecular weight excluding hydrogens is 252 g/mol. The van der Waals surface area contributed by atoms with Gasteiger partial charge in [-0.15, -0.1) is 0 Å². The van der Waals surface area contributed by atoms with E-state index in [9.17, 15) is 0 Å². The number of fused-ring (bicyclic) bond motifs is 6. The van der Waals surface area contributed by atoms with Gasteiger partial charge in [0.05, 0.1) is 0 Å². The maximum Gasteiger partial charge on any atom is -0.0140 e. The van der Waals surface area contributed by atoms with E-state index in [0.717, 1.165) is 11.8 Å². The van der Waals surface area contributed by atoms with E-state index in [1.807, 2.05) is 0 Å². The highest BCUT2D eigenvalue weighted by Gasteiger charge is 2.98. The van der Waals surface area contributed by atoms with Gasteiger partial charge < -0.3 is 0 Å². The van der Waals surface area contributed by atoms with E-state index in [2.05, 4.69) is 69.2 Å². The molecule has 0 nitrogen and oxygen atoms in total. The Balaban J connectivity index is 1.98. The van der Waals surface area contributed by atoms with Crippen LogP contribution in [0.4, 0.5) is 0 Å². The Hall–Kier alpha value is 0. The number of hydrogen-bond donors (Lipinski definition) is 0. The highest BCUT2D eigenvalue weighted by Crippen LogP contribution is 3.03. The topological polar surface area (TPSA) is 0 Å². The lowest BCUT2D eigenvalue weighted by Crippen LogP contribution is -2.88. The predicted molar refractivity (Wildman–Crippen MR) is 90.0 cm³/mol. The second-order valence-corrected chi connectivity index (χ2v) is 11.3. The van der Waals surface area contributed by atoms with E-state index in [1.165, 1.54) is 12.8 Å². The standard InChI is InChI=1S/C21H36/c1-13-14(2)19(8)16(13,5)12-18(7)17(6)11-15(3,4)20(17,9)21(18,19)10/h13-14H,11-12H2,1-10H3. The first-order valence-electron chi connectivity index (χ1n) is 9.23. The van der Waals surface area contributed by atoms with Gasteiger partial charge in [-0.2, -0.15) is 0 Å². The Morgan fingerprint density at radius 2 is 1.10 bits per heavy atom. The van der Waals surface area contributed by atoms with Crippen LogP contribution in [0.2, 0.25) is 0 Å². The van der Waals surface area contributed by atoms with E-state index in [4.69, 9.17) is 0 Å². The van der Waals surface area contributed by atoms with Crippen molar-refractivity contribution in [1.29, 1.82) is 0 Å². The summed E-state index contributed by atoms with van der Waals surface area (Å²) < 4.78 is 0. The normalized spacial score (nSPS) is 73.4. The lowest BCUT2D eigenvalue weighted by atomic mass is 9.11. The second-order valence-electron chi connectivity index (χ2n) is 11.3. The average molecular weight is 289 g/mol. The van der Waals surface area contributed by atoms with Crippen LogP contribution in [0, 0.1) is 49.7 Å². The molecule has 4 aliphatic carbocycles. The van der Waals surface area contributed by atoms with Crippen LogP contribution in [0.1, 0.15) is 82.1 Å². The molecule has 0 aliphatic heterocycles. The average Bonchev–Trinajstić information content (AvgIpc) is 2.52. The smallest absolute Gasteiger partial charge is 0.0140 e. The van der Waals surface area contributed by atoms with E-state index >= 15 is 0 Å². The third-order valence-corrected chi connectivity index (χ3v) is 12.2. The van der Waals surface area contributed by atoms with Gasteiger partial charge in [0, 0.05) is 0 Å². The maximum absolute atomic E-state index is 2.70. The minimum absolute atomic E-state index is 0.490. The molecule has 4 rings (SSSR count). The molecule has 0 radical (unpaired) electrons. The van der Waals surface area contributed by atoms with Crippen LogP contribution in [0.5, 0.6) is 0 Å². The molecule has 0 aromatic rings. The fraction of sp³-hybridized carbons (Fsp3) is 1.00. The SMILES string of the molecule is CC1C(C)C2(C)C1(C)CC1(C)C3(C)CC(C)(C)C3(C)C12C. The summed E-state index contributed by atoms with van der Waals surface area (Å²) in [5.41, 5.74) is 3.65. The van der Waals surface area contributed by atoms with Crippen LogP contribution in [0.25, 0.3) is 0 Å². The van der Waals surface area contributed by atoms with Gasteiger partial charge in [-0.1, -0.05) is 69.2 Å². The lowest BCUT2D eigenvalue weighted by molar-refractivity contribution is -0.455. The van der Waals surface area contributed by atoms with Crippen molar-refractivity contribution in [3.63, 3.8) is 0 Å². The molecule has 8 unspecified atom stereocenters. The molecule has 0 saturated heterocycles. The zero-order valence-corrected chi connectivity index (χ0v) is 16.1. The van der Waals surface area contributed by atoms with Gasteiger partial charge in [0.25, 0.3) is 0 Å². The third-order valence-electron chi connectivity index (χ3n) is 12.2. The third kappa shape index (κ3) is 0.783. The molecule has 0 amide bonds. The number of rotatable bonds is 0. The summed E-state index contributed by atoms with van der Waals surface area (Å²) in [7, 11) is 0. The monoisotopic (exact) mass is 288 g/mol. The lowest BCUT2D eigenvalue weighted by Gasteiger charge is -2.92. The van der Waals surface area contributed by atoms with Crippen molar-refractivity contribution in [2.45, 2.75) is 82.1 Å². The quantitative estimate of drug-likeness (QED) is 0.501. The Kier molecular flexibility index (Phi) is 2.01. The summed E-state index contributed by atoms with van der Waals surface area (Å²) in [6.45, 7) is 26.1. The van der Waals surface area contributed by atoms with Crippen molar-refractivity contribution in [3.8, 4) is 0 Å². The van der Waals surface area contributed by atoms with Crippen LogP contribution in [-0.2, 0) is 0 Å². The van der Waals surface area contributed by atoms with Gasteiger partial charge in [-0.3, -0.25) is 0 Å². The second kappa shape index (κ2) is 2.89. The molecule has 120 valence electrons. The fourth-order valence-corrected chi connectivity index (χ4v) is 10.4. The van der Waals surface area contributed by atoms with Crippen molar-refractivity contribution < 1.29 is 0 Å². The summed E-state index contributed by atoms with van der Waals surface area (Å²) in [5, 5.41) is 0. The molecular formula is C21H36. The summed E-state index contributed by atoms with van der Waals surface area (Å²) >= 11 is 0. The summed E-state index contributed by atoms with van der Waals surface area (Å²) in [4.78, 5) is 0. The maximum atomic E-state index is 2.70. The highest BCUT2D eigenvalue weighted by molar-refractivity contribution is 5.45. The summed E-state index contributed by atoms with van der Waals surface area (Å²) in [6.07, 6.45) is 2.89. The first kappa shape index (κ1) is 14.6. The van der Waals surface area contributed by atoms with Gasteiger partial charge in [0.1, 0.15) is 0 Å². The molecule has 0 aromatic heterocycles. The minimum Gasteiger partial charge on any atom is -0.0617 e. The van der Waals surface area contributed by atoms with E-state index in [-0.39, 0.29) is 0 Å². The zero-order valence-electron chi connectivity index (χ0n) is 16.1. The molecule has 4 fully saturated rings.